The first-order valence-electron chi connectivity index (χ1n) is 9.85. The number of furan rings is 1. The third-order valence-corrected chi connectivity index (χ3v) is 4.97. The number of carbonyl (C=O) groups is 2. The largest absolute Gasteiger partial charge is 0.497 e. The van der Waals surface area contributed by atoms with Crippen LogP contribution in [0.3, 0.4) is 0 Å². The van der Waals surface area contributed by atoms with Crippen LogP contribution in [0.25, 0.3) is 11.3 Å². The van der Waals surface area contributed by atoms with E-state index in [9.17, 15) is 9.59 Å². The van der Waals surface area contributed by atoms with Crippen molar-refractivity contribution in [1.29, 1.82) is 0 Å². The summed E-state index contributed by atoms with van der Waals surface area (Å²) in [6.07, 6.45) is 3.64. The van der Waals surface area contributed by atoms with E-state index in [1.54, 1.807) is 36.5 Å². The van der Waals surface area contributed by atoms with Crippen molar-refractivity contribution < 1.29 is 23.3 Å². The molecular weight excluding hydrogens is 386 g/mol. The Hall–Kier alpha value is -3.55. The lowest BCUT2D eigenvalue weighted by Crippen LogP contribution is -2.37. The van der Waals surface area contributed by atoms with Gasteiger partial charge in [-0.05, 0) is 49.2 Å². The number of hydrogen-bond acceptors (Lipinski definition) is 6. The average Bonchev–Trinajstić information content (AvgIpc) is 3.26. The van der Waals surface area contributed by atoms with Crippen LogP contribution < -0.4 is 10.1 Å². The van der Waals surface area contributed by atoms with E-state index in [0.29, 0.717) is 24.6 Å². The fourth-order valence-electron chi connectivity index (χ4n) is 3.16. The molecule has 0 saturated heterocycles. The molecule has 0 spiro atoms. The Kier molecular flexibility index (Phi) is 5.83. The summed E-state index contributed by atoms with van der Waals surface area (Å²) in [6, 6.07) is 12.7. The van der Waals surface area contributed by atoms with Crippen LogP contribution in [-0.2, 0) is 11.3 Å². The minimum atomic E-state index is -0.222. The second-order valence-corrected chi connectivity index (χ2v) is 7.14. The van der Waals surface area contributed by atoms with E-state index in [1.807, 2.05) is 24.3 Å². The molecule has 1 aliphatic rings. The van der Waals surface area contributed by atoms with E-state index in [0.717, 1.165) is 24.2 Å². The molecule has 0 atom stereocenters. The Morgan fingerprint density at radius 2 is 2.03 bits per heavy atom. The maximum absolute atomic E-state index is 13.0. The number of rotatable bonds is 9. The molecule has 2 amide bonds. The number of benzene rings is 1. The SMILES string of the molecule is COc1ccc(-c2cc(C(=O)N(CCC(=O)NCc3ccco3)C3CC3)no2)cc1. The standard InChI is InChI=1S/C22H23N3O5/c1-28-17-8-4-15(5-9-17)20-13-19(24-30-20)22(27)25(16-6-7-16)11-10-21(26)23-14-18-3-2-12-29-18/h2-5,8-9,12-13,16H,6-7,10-11,14H2,1H3,(H,23,26). The van der Waals surface area contributed by atoms with Gasteiger partial charge in [0.05, 0.1) is 19.9 Å². The van der Waals surface area contributed by atoms with Crippen LogP contribution in [0.15, 0.2) is 57.7 Å². The first-order valence-corrected chi connectivity index (χ1v) is 9.85. The highest BCUT2D eigenvalue weighted by Crippen LogP contribution is 2.29. The highest BCUT2D eigenvalue weighted by molar-refractivity contribution is 5.93. The van der Waals surface area contributed by atoms with Gasteiger partial charge in [-0.3, -0.25) is 9.59 Å². The number of amides is 2. The van der Waals surface area contributed by atoms with Crippen LogP contribution in [0.5, 0.6) is 5.75 Å². The highest BCUT2D eigenvalue weighted by Gasteiger charge is 2.34. The summed E-state index contributed by atoms with van der Waals surface area (Å²) in [5, 5.41) is 6.75. The van der Waals surface area contributed by atoms with Gasteiger partial charge in [-0.1, -0.05) is 5.16 Å². The third kappa shape index (κ3) is 4.71. The van der Waals surface area contributed by atoms with Crippen molar-refractivity contribution in [1.82, 2.24) is 15.4 Å². The van der Waals surface area contributed by atoms with E-state index < -0.39 is 0 Å². The van der Waals surface area contributed by atoms with E-state index in [4.69, 9.17) is 13.7 Å². The zero-order valence-electron chi connectivity index (χ0n) is 16.7. The lowest BCUT2D eigenvalue weighted by Gasteiger charge is -2.20. The predicted octanol–water partition coefficient (Wildman–Crippen LogP) is 3.25. The molecule has 1 fully saturated rings. The van der Waals surface area contributed by atoms with Gasteiger partial charge in [-0.2, -0.15) is 0 Å². The van der Waals surface area contributed by atoms with Gasteiger partial charge in [0.1, 0.15) is 11.5 Å². The molecule has 1 N–H and O–H groups in total. The number of ether oxygens (including phenoxy) is 1. The maximum atomic E-state index is 13.0. The van der Waals surface area contributed by atoms with Gasteiger partial charge in [-0.15, -0.1) is 0 Å². The molecule has 1 aliphatic carbocycles. The van der Waals surface area contributed by atoms with Crippen LogP contribution in [0.2, 0.25) is 0 Å². The van der Waals surface area contributed by atoms with Crippen molar-refractivity contribution in [3.05, 3.63) is 60.2 Å². The van der Waals surface area contributed by atoms with Gasteiger partial charge >= 0.3 is 0 Å². The smallest absolute Gasteiger partial charge is 0.276 e. The minimum Gasteiger partial charge on any atom is -0.497 e. The molecule has 0 unspecified atom stereocenters. The van der Waals surface area contributed by atoms with Crippen LogP contribution >= 0.6 is 0 Å². The van der Waals surface area contributed by atoms with E-state index in [2.05, 4.69) is 10.5 Å². The number of nitrogens with zero attached hydrogens (tertiary/aromatic N) is 2. The molecule has 1 saturated carbocycles. The average molecular weight is 409 g/mol. The Morgan fingerprint density at radius 1 is 1.23 bits per heavy atom. The van der Waals surface area contributed by atoms with Crippen LogP contribution in [0.4, 0.5) is 0 Å². The Morgan fingerprint density at radius 3 is 2.70 bits per heavy atom. The Balaban J connectivity index is 1.36. The fraction of sp³-hybridized carbons (Fsp3) is 0.318. The van der Waals surface area contributed by atoms with Crippen LogP contribution in [0, 0.1) is 0 Å². The monoisotopic (exact) mass is 409 g/mol. The number of methoxy groups -OCH3 is 1. The van der Waals surface area contributed by atoms with Crippen molar-refractivity contribution in [3.8, 4) is 17.1 Å². The first-order chi connectivity index (χ1) is 14.6. The summed E-state index contributed by atoms with van der Waals surface area (Å²) < 4.78 is 15.7. The lowest BCUT2D eigenvalue weighted by atomic mass is 10.1. The first kappa shape index (κ1) is 19.8. The summed E-state index contributed by atoms with van der Waals surface area (Å²) in [7, 11) is 1.60. The van der Waals surface area contributed by atoms with Crippen molar-refractivity contribution in [2.45, 2.75) is 31.8 Å². The zero-order chi connectivity index (χ0) is 20.9. The molecule has 156 valence electrons. The third-order valence-electron chi connectivity index (χ3n) is 4.97. The molecule has 8 heteroatoms. The molecule has 4 rings (SSSR count). The molecule has 8 nitrogen and oxygen atoms in total. The Bertz CT molecular complexity index is 990. The molecular formula is C22H23N3O5. The summed E-state index contributed by atoms with van der Waals surface area (Å²) in [4.78, 5) is 26.8. The van der Waals surface area contributed by atoms with Crippen molar-refractivity contribution in [2.75, 3.05) is 13.7 Å². The second kappa shape index (κ2) is 8.86. The quantitative estimate of drug-likeness (QED) is 0.583. The van der Waals surface area contributed by atoms with Gasteiger partial charge in [0.25, 0.3) is 5.91 Å². The number of carbonyl (C=O) groups excluding carboxylic acids is 2. The van der Waals surface area contributed by atoms with Crippen LogP contribution in [0.1, 0.15) is 35.5 Å². The normalized spacial score (nSPS) is 13.1. The summed E-state index contributed by atoms with van der Waals surface area (Å²) in [5.74, 6) is 1.57. The molecule has 0 aliphatic heterocycles. The van der Waals surface area contributed by atoms with Gasteiger partial charge in [0.15, 0.2) is 11.5 Å². The molecule has 0 bridgehead atoms. The predicted molar refractivity (Wildman–Crippen MR) is 108 cm³/mol. The summed E-state index contributed by atoms with van der Waals surface area (Å²) in [5.41, 5.74) is 1.04. The van der Waals surface area contributed by atoms with Gasteiger partial charge in [-0.25, -0.2) is 0 Å². The maximum Gasteiger partial charge on any atom is 0.276 e. The zero-order valence-corrected chi connectivity index (χ0v) is 16.7. The molecule has 0 radical (unpaired) electrons. The molecule has 2 aromatic heterocycles. The molecule has 3 aromatic rings. The highest BCUT2D eigenvalue weighted by atomic mass is 16.5. The number of hydrogen-bond donors (Lipinski definition) is 1. The van der Waals surface area contributed by atoms with Crippen molar-refractivity contribution >= 4 is 11.8 Å². The number of nitrogens with one attached hydrogen (secondary N) is 1. The van der Waals surface area contributed by atoms with Gasteiger partial charge in [0.2, 0.25) is 5.91 Å². The molecule has 1 aromatic carbocycles. The summed E-state index contributed by atoms with van der Waals surface area (Å²) >= 11 is 0. The summed E-state index contributed by atoms with van der Waals surface area (Å²) in [6.45, 7) is 0.663. The van der Waals surface area contributed by atoms with E-state index in [1.165, 1.54) is 0 Å². The molecule has 2 heterocycles. The van der Waals surface area contributed by atoms with Crippen LogP contribution in [-0.4, -0.2) is 41.6 Å². The topological polar surface area (TPSA) is 97.8 Å². The van der Waals surface area contributed by atoms with Gasteiger partial charge in [0, 0.05) is 30.6 Å². The number of aromatic nitrogens is 1. The lowest BCUT2D eigenvalue weighted by molar-refractivity contribution is -0.121. The Labute approximate surface area is 173 Å². The second-order valence-electron chi connectivity index (χ2n) is 7.14. The van der Waals surface area contributed by atoms with E-state index >= 15 is 0 Å². The van der Waals surface area contributed by atoms with Crippen molar-refractivity contribution in [2.24, 2.45) is 0 Å². The van der Waals surface area contributed by atoms with Crippen molar-refractivity contribution in [3.63, 3.8) is 0 Å². The minimum absolute atomic E-state index is 0.135. The van der Waals surface area contributed by atoms with Gasteiger partial charge < -0.3 is 23.9 Å². The fourth-order valence-corrected chi connectivity index (χ4v) is 3.16. The molecule has 30 heavy (non-hydrogen) atoms. The van der Waals surface area contributed by atoms with E-state index in [-0.39, 0.29) is 30.0 Å².